The summed E-state index contributed by atoms with van der Waals surface area (Å²) < 4.78 is 4.24. The van der Waals surface area contributed by atoms with E-state index in [4.69, 9.17) is 5.10 Å². The molecule has 2 aromatic heterocycles. The van der Waals surface area contributed by atoms with Crippen molar-refractivity contribution < 1.29 is 4.79 Å². The SMILES string of the molecule is Cc1nn(-c2ccccc2)c2c1C(c1cc3ccccc3n1C)C1=C(CC(C)(C)CC1=O)N2. The second-order valence-electron chi connectivity index (χ2n) is 10.2. The first-order valence-electron chi connectivity index (χ1n) is 11.6. The van der Waals surface area contributed by atoms with Gasteiger partial charge in [0, 0.05) is 41.5 Å². The molecule has 1 atom stereocenters. The quantitative estimate of drug-likeness (QED) is 0.427. The molecule has 166 valence electrons. The van der Waals surface area contributed by atoms with Crippen LogP contribution in [-0.4, -0.2) is 20.1 Å². The Hall–Kier alpha value is -3.60. The van der Waals surface area contributed by atoms with Crippen LogP contribution in [0.1, 0.15) is 49.6 Å². The summed E-state index contributed by atoms with van der Waals surface area (Å²) in [5.41, 5.74) is 7.23. The first-order valence-corrected chi connectivity index (χ1v) is 11.6. The number of fused-ring (bicyclic) bond motifs is 2. The molecule has 5 heteroatoms. The van der Waals surface area contributed by atoms with Crippen LogP contribution in [0.25, 0.3) is 16.6 Å². The highest BCUT2D eigenvalue weighted by Gasteiger charge is 2.43. The lowest BCUT2D eigenvalue weighted by atomic mass is 9.70. The maximum absolute atomic E-state index is 13.6. The van der Waals surface area contributed by atoms with Gasteiger partial charge in [0.05, 0.1) is 17.3 Å². The van der Waals surface area contributed by atoms with Crippen LogP contribution < -0.4 is 5.32 Å². The Kier molecular flexibility index (Phi) is 4.22. The number of allylic oxidation sites excluding steroid dienone is 2. The zero-order valence-corrected chi connectivity index (χ0v) is 19.5. The van der Waals surface area contributed by atoms with Gasteiger partial charge < -0.3 is 9.88 Å². The molecule has 1 unspecified atom stereocenters. The Balaban J connectivity index is 1.64. The smallest absolute Gasteiger partial charge is 0.162 e. The minimum Gasteiger partial charge on any atom is -0.347 e. The van der Waals surface area contributed by atoms with E-state index in [0.717, 1.165) is 46.1 Å². The van der Waals surface area contributed by atoms with E-state index < -0.39 is 0 Å². The third-order valence-electron chi connectivity index (χ3n) is 7.16. The van der Waals surface area contributed by atoms with Crippen LogP contribution in [-0.2, 0) is 11.8 Å². The Bertz CT molecular complexity index is 1450. The topological polar surface area (TPSA) is 51.9 Å². The van der Waals surface area contributed by atoms with E-state index in [-0.39, 0.29) is 17.1 Å². The number of Topliss-reactive ketones (excluding diaryl/α,β-unsaturated/α-hetero) is 1. The molecule has 1 N–H and O–H groups in total. The number of ketones is 1. The van der Waals surface area contributed by atoms with E-state index in [1.54, 1.807) is 0 Å². The maximum atomic E-state index is 13.6. The van der Waals surface area contributed by atoms with E-state index in [1.807, 2.05) is 22.9 Å². The molecule has 1 aliphatic carbocycles. The summed E-state index contributed by atoms with van der Waals surface area (Å²) in [6.07, 6.45) is 1.40. The van der Waals surface area contributed by atoms with Crippen molar-refractivity contribution in [1.82, 2.24) is 14.3 Å². The molecule has 2 aliphatic rings. The number of rotatable bonds is 2. The molecule has 0 bridgehead atoms. The maximum Gasteiger partial charge on any atom is 0.162 e. The van der Waals surface area contributed by atoms with Gasteiger partial charge in [0.2, 0.25) is 0 Å². The number of para-hydroxylation sites is 2. The van der Waals surface area contributed by atoms with Crippen LogP contribution in [0, 0.1) is 12.3 Å². The highest BCUT2D eigenvalue weighted by Crippen LogP contribution is 2.50. The second-order valence-corrected chi connectivity index (χ2v) is 10.2. The fourth-order valence-corrected chi connectivity index (χ4v) is 5.71. The van der Waals surface area contributed by atoms with Gasteiger partial charge in [-0.3, -0.25) is 4.79 Å². The number of nitrogens with zero attached hydrogens (tertiary/aromatic N) is 3. The molecule has 4 aromatic rings. The van der Waals surface area contributed by atoms with Crippen molar-refractivity contribution >= 4 is 22.5 Å². The predicted octanol–water partition coefficient (Wildman–Crippen LogP) is 5.87. The lowest BCUT2D eigenvalue weighted by Gasteiger charge is -2.38. The summed E-state index contributed by atoms with van der Waals surface area (Å²) in [7, 11) is 2.10. The number of aryl methyl sites for hydroxylation is 2. The molecule has 33 heavy (non-hydrogen) atoms. The van der Waals surface area contributed by atoms with E-state index in [2.05, 4.69) is 80.2 Å². The first-order chi connectivity index (χ1) is 15.8. The monoisotopic (exact) mass is 436 g/mol. The highest BCUT2D eigenvalue weighted by atomic mass is 16.1. The Labute approximate surface area is 193 Å². The lowest BCUT2D eigenvalue weighted by molar-refractivity contribution is -0.118. The molecule has 0 spiro atoms. The molecule has 6 rings (SSSR count). The van der Waals surface area contributed by atoms with Crippen molar-refractivity contribution in [3.63, 3.8) is 0 Å². The predicted molar refractivity (Wildman–Crippen MR) is 132 cm³/mol. The molecule has 0 fully saturated rings. The lowest BCUT2D eigenvalue weighted by Crippen LogP contribution is -2.34. The minimum atomic E-state index is -0.144. The number of nitrogens with one attached hydrogen (secondary N) is 1. The molecular formula is C28H28N4O. The van der Waals surface area contributed by atoms with Crippen LogP contribution in [0.15, 0.2) is 71.9 Å². The molecule has 0 saturated carbocycles. The van der Waals surface area contributed by atoms with E-state index in [9.17, 15) is 4.79 Å². The van der Waals surface area contributed by atoms with Gasteiger partial charge in [-0.15, -0.1) is 0 Å². The van der Waals surface area contributed by atoms with Crippen molar-refractivity contribution in [2.45, 2.75) is 39.5 Å². The molecule has 0 radical (unpaired) electrons. The van der Waals surface area contributed by atoms with E-state index >= 15 is 0 Å². The third kappa shape index (κ3) is 2.99. The molecule has 3 heterocycles. The van der Waals surface area contributed by atoms with Gasteiger partial charge in [-0.05, 0) is 48.4 Å². The first kappa shape index (κ1) is 20.0. The van der Waals surface area contributed by atoms with Gasteiger partial charge in [0.1, 0.15) is 5.82 Å². The second kappa shape index (κ2) is 6.95. The summed E-state index contributed by atoms with van der Waals surface area (Å²) in [5, 5.41) is 9.81. The highest BCUT2D eigenvalue weighted by molar-refractivity contribution is 6.02. The average Bonchev–Trinajstić information content (AvgIpc) is 3.29. The zero-order chi connectivity index (χ0) is 22.9. The van der Waals surface area contributed by atoms with Crippen molar-refractivity contribution in [3.05, 3.63) is 88.9 Å². The molecular weight excluding hydrogens is 408 g/mol. The van der Waals surface area contributed by atoms with Gasteiger partial charge in [-0.2, -0.15) is 5.10 Å². The van der Waals surface area contributed by atoms with Crippen molar-refractivity contribution in [2.75, 3.05) is 5.32 Å². The molecule has 5 nitrogen and oxygen atoms in total. The Morgan fingerprint density at radius 3 is 2.52 bits per heavy atom. The summed E-state index contributed by atoms with van der Waals surface area (Å²) in [5.74, 6) is 1.06. The molecule has 0 saturated heterocycles. The van der Waals surface area contributed by atoms with Crippen molar-refractivity contribution in [3.8, 4) is 5.69 Å². The number of hydrogen-bond donors (Lipinski definition) is 1. The van der Waals surface area contributed by atoms with E-state index in [0.29, 0.717) is 6.42 Å². The van der Waals surface area contributed by atoms with Gasteiger partial charge in [-0.1, -0.05) is 50.2 Å². The van der Waals surface area contributed by atoms with Crippen LogP contribution >= 0.6 is 0 Å². The van der Waals surface area contributed by atoms with E-state index in [1.165, 1.54) is 10.9 Å². The van der Waals surface area contributed by atoms with Crippen LogP contribution in [0.4, 0.5) is 5.82 Å². The van der Waals surface area contributed by atoms with Crippen molar-refractivity contribution in [2.24, 2.45) is 12.5 Å². The number of aromatic nitrogens is 3. The largest absolute Gasteiger partial charge is 0.347 e. The molecule has 0 amide bonds. The minimum absolute atomic E-state index is 0.0729. The third-order valence-corrected chi connectivity index (χ3v) is 7.16. The van der Waals surface area contributed by atoms with Crippen LogP contribution in [0.3, 0.4) is 0 Å². The Morgan fingerprint density at radius 1 is 1.03 bits per heavy atom. The fourth-order valence-electron chi connectivity index (χ4n) is 5.71. The number of carbonyl (C=O) groups excluding carboxylic acids is 1. The van der Waals surface area contributed by atoms with Crippen LogP contribution in [0.5, 0.6) is 0 Å². The van der Waals surface area contributed by atoms with Gasteiger partial charge in [0.25, 0.3) is 0 Å². The summed E-state index contributed by atoms with van der Waals surface area (Å²) in [6.45, 7) is 6.41. The standard InChI is InChI=1S/C28H28N4O/c1-17-24-26(22-14-18-10-8-9-13-21(18)31(22)4)25-20(15-28(2,3)16-23(25)33)29-27(24)32(30-17)19-11-6-5-7-12-19/h5-14,26,29H,15-16H2,1-4H3. The summed E-state index contributed by atoms with van der Waals surface area (Å²) in [6, 6.07) is 20.9. The zero-order valence-electron chi connectivity index (χ0n) is 19.5. The normalized spacial score (nSPS) is 19.4. The molecule has 2 aromatic carbocycles. The number of benzene rings is 2. The van der Waals surface area contributed by atoms with Gasteiger partial charge >= 0.3 is 0 Å². The van der Waals surface area contributed by atoms with Gasteiger partial charge in [0.15, 0.2) is 5.78 Å². The molecule has 1 aliphatic heterocycles. The summed E-state index contributed by atoms with van der Waals surface area (Å²) in [4.78, 5) is 13.6. The number of anilines is 1. The fraction of sp³-hybridized carbons (Fsp3) is 0.286. The Morgan fingerprint density at radius 2 is 1.76 bits per heavy atom. The van der Waals surface area contributed by atoms with Crippen LogP contribution in [0.2, 0.25) is 0 Å². The average molecular weight is 437 g/mol. The van der Waals surface area contributed by atoms with Crippen molar-refractivity contribution in [1.29, 1.82) is 0 Å². The van der Waals surface area contributed by atoms with Gasteiger partial charge in [-0.25, -0.2) is 4.68 Å². The number of hydrogen-bond acceptors (Lipinski definition) is 3. The number of carbonyl (C=O) groups is 1. The summed E-state index contributed by atoms with van der Waals surface area (Å²) >= 11 is 0.